The van der Waals surface area contributed by atoms with E-state index in [9.17, 15) is 0 Å². The molecular weight excluding hydrogens is 210 g/mol. The molecule has 0 aliphatic heterocycles. The minimum Gasteiger partial charge on any atom is -0.496 e. The molecule has 0 saturated heterocycles. The molecule has 0 heterocycles. The molecule has 0 radical (unpaired) electrons. The molecule has 88 valence electrons. The third kappa shape index (κ3) is 1.52. The van der Waals surface area contributed by atoms with Gasteiger partial charge in [0.05, 0.1) is 7.11 Å². The normalized spacial score (nSPS) is 17.6. The third-order valence-electron chi connectivity index (χ3n) is 3.57. The Morgan fingerprint density at radius 1 is 1.29 bits per heavy atom. The molecule has 3 rings (SSSR count). The SMILES string of the molecule is CCNC1Cc2cccc3ccc(OC)c1c23. The molecule has 1 aliphatic rings. The van der Waals surface area contributed by atoms with E-state index in [-0.39, 0.29) is 0 Å². The molecule has 0 bridgehead atoms. The Morgan fingerprint density at radius 2 is 2.18 bits per heavy atom. The lowest BCUT2D eigenvalue weighted by Crippen LogP contribution is -2.20. The van der Waals surface area contributed by atoms with Crippen molar-refractivity contribution in [3.8, 4) is 5.75 Å². The standard InChI is InChI=1S/C15H17NO/c1-3-16-12-9-11-6-4-5-10-7-8-13(17-2)15(12)14(10)11/h4-8,12,16H,3,9H2,1-2H3. The van der Waals surface area contributed by atoms with E-state index in [1.54, 1.807) is 7.11 Å². The second-order valence-electron chi connectivity index (χ2n) is 4.51. The van der Waals surface area contributed by atoms with E-state index in [0.29, 0.717) is 6.04 Å². The van der Waals surface area contributed by atoms with Gasteiger partial charge in [0.1, 0.15) is 5.75 Å². The van der Waals surface area contributed by atoms with E-state index in [1.165, 1.54) is 21.9 Å². The molecule has 2 aromatic carbocycles. The summed E-state index contributed by atoms with van der Waals surface area (Å²) in [5, 5.41) is 6.25. The van der Waals surface area contributed by atoms with Crippen LogP contribution in [0.3, 0.4) is 0 Å². The summed E-state index contributed by atoms with van der Waals surface area (Å²) in [6.07, 6.45) is 1.07. The first-order valence-electron chi connectivity index (χ1n) is 6.17. The number of rotatable bonds is 3. The zero-order valence-corrected chi connectivity index (χ0v) is 10.3. The monoisotopic (exact) mass is 227 g/mol. The minimum absolute atomic E-state index is 0.399. The maximum Gasteiger partial charge on any atom is 0.124 e. The fourth-order valence-corrected chi connectivity index (χ4v) is 2.90. The van der Waals surface area contributed by atoms with Gasteiger partial charge in [-0.25, -0.2) is 0 Å². The van der Waals surface area contributed by atoms with Crippen LogP contribution < -0.4 is 10.1 Å². The molecule has 2 nitrogen and oxygen atoms in total. The fourth-order valence-electron chi connectivity index (χ4n) is 2.90. The number of likely N-dealkylation sites (N-methyl/N-ethyl adjacent to an activating group) is 1. The first-order chi connectivity index (χ1) is 8.35. The van der Waals surface area contributed by atoms with Crippen molar-refractivity contribution in [2.45, 2.75) is 19.4 Å². The van der Waals surface area contributed by atoms with E-state index < -0.39 is 0 Å². The predicted molar refractivity (Wildman–Crippen MR) is 70.6 cm³/mol. The van der Waals surface area contributed by atoms with Gasteiger partial charge < -0.3 is 10.1 Å². The topological polar surface area (TPSA) is 21.3 Å². The van der Waals surface area contributed by atoms with Gasteiger partial charge in [-0.1, -0.05) is 31.2 Å². The summed E-state index contributed by atoms with van der Waals surface area (Å²) >= 11 is 0. The Kier molecular flexibility index (Phi) is 2.52. The zero-order chi connectivity index (χ0) is 11.8. The van der Waals surface area contributed by atoms with Crippen LogP contribution in [-0.2, 0) is 6.42 Å². The van der Waals surface area contributed by atoms with Crippen molar-refractivity contribution >= 4 is 10.8 Å². The number of benzene rings is 2. The highest BCUT2D eigenvalue weighted by molar-refractivity contribution is 5.93. The number of hydrogen-bond acceptors (Lipinski definition) is 2. The average molecular weight is 227 g/mol. The minimum atomic E-state index is 0.399. The van der Waals surface area contributed by atoms with Crippen molar-refractivity contribution < 1.29 is 4.74 Å². The van der Waals surface area contributed by atoms with Crippen LogP contribution in [0.2, 0.25) is 0 Å². The van der Waals surface area contributed by atoms with Crippen molar-refractivity contribution in [3.63, 3.8) is 0 Å². The van der Waals surface area contributed by atoms with E-state index in [2.05, 4.69) is 42.6 Å². The molecule has 1 N–H and O–H groups in total. The quantitative estimate of drug-likeness (QED) is 0.870. The lowest BCUT2D eigenvalue weighted by atomic mass is 10.0. The molecule has 17 heavy (non-hydrogen) atoms. The van der Waals surface area contributed by atoms with Gasteiger partial charge in [0.25, 0.3) is 0 Å². The molecule has 0 saturated carbocycles. The smallest absolute Gasteiger partial charge is 0.124 e. The van der Waals surface area contributed by atoms with Gasteiger partial charge in [0.15, 0.2) is 0 Å². The largest absolute Gasteiger partial charge is 0.496 e. The molecule has 0 amide bonds. The van der Waals surface area contributed by atoms with Crippen LogP contribution >= 0.6 is 0 Å². The molecular formula is C15H17NO. The van der Waals surface area contributed by atoms with Crippen molar-refractivity contribution in [3.05, 3.63) is 41.5 Å². The maximum absolute atomic E-state index is 5.51. The summed E-state index contributed by atoms with van der Waals surface area (Å²) < 4.78 is 5.51. The number of ether oxygens (including phenoxy) is 1. The molecule has 1 aliphatic carbocycles. The Bertz CT molecular complexity index is 562. The molecule has 2 aromatic rings. The lowest BCUT2D eigenvalue weighted by Gasteiger charge is -2.15. The Morgan fingerprint density at radius 3 is 2.94 bits per heavy atom. The number of methoxy groups -OCH3 is 1. The van der Waals surface area contributed by atoms with Gasteiger partial charge in [0, 0.05) is 11.6 Å². The lowest BCUT2D eigenvalue weighted by molar-refractivity contribution is 0.403. The van der Waals surface area contributed by atoms with Crippen LogP contribution in [-0.4, -0.2) is 13.7 Å². The van der Waals surface area contributed by atoms with E-state index in [4.69, 9.17) is 4.74 Å². The highest BCUT2D eigenvalue weighted by atomic mass is 16.5. The highest BCUT2D eigenvalue weighted by Crippen LogP contribution is 2.42. The van der Waals surface area contributed by atoms with E-state index in [0.717, 1.165) is 18.7 Å². The summed E-state index contributed by atoms with van der Waals surface area (Å²) in [6.45, 7) is 3.13. The Balaban J connectivity index is 2.27. The Labute approximate surface area is 102 Å². The number of hydrogen-bond donors (Lipinski definition) is 1. The summed E-state index contributed by atoms with van der Waals surface area (Å²) in [6, 6.07) is 11.2. The summed E-state index contributed by atoms with van der Waals surface area (Å²) in [5.41, 5.74) is 2.77. The third-order valence-corrected chi connectivity index (χ3v) is 3.57. The number of nitrogens with one attached hydrogen (secondary N) is 1. The van der Waals surface area contributed by atoms with Crippen LogP contribution in [0.5, 0.6) is 5.75 Å². The van der Waals surface area contributed by atoms with Gasteiger partial charge >= 0.3 is 0 Å². The van der Waals surface area contributed by atoms with E-state index in [1.807, 2.05) is 0 Å². The summed E-state index contributed by atoms with van der Waals surface area (Å²) in [4.78, 5) is 0. The first kappa shape index (κ1) is 10.6. The van der Waals surface area contributed by atoms with Crippen molar-refractivity contribution in [1.29, 1.82) is 0 Å². The fraction of sp³-hybridized carbons (Fsp3) is 0.333. The zero-order valence-electron chi connectivity index (χ0n) is 10.3. The highest BCUT2D eigenvalue weighted by Gasteiger charge is 2.26. The summed E-state index contributed by atoms with van der Waals surface area (Å²) in [7, 11) is 1.75. The molecule has 0 fully saturated rings. The molecule has 1 atom stereocenters. The van der Waals surface area contributed by atoms with Crippen LogP contribution in [0.1, 0.15) is 24.1 Å². The summed E-state index contributed by atoms with van der Waals surface area (Å²) in [5.74, 6) is 1.01. The van der Waals surface area contributed by atoms with Gasteiger partial charge in [-0.05, 0) is 35.4 Å². The van der Waals surface area contributed by atoms with Crippen molar-refractivity contribution in [1.82, 2.24) is 5.32 Å². The second kappa shape index (κ2) is 4.04. The average Bonchev–Trinajstić information content (AvgIpc) is 2.72. The van der Waals surface area contributed by atoms with Gasteiger partial charge in [0.2, 0.25) is 0 Å². The molecule has 0 spiro atoms. The van der Waals surface area contributed by atoms with Crippen LogP contribution in [0.15, 0.2) is 30.3 Å². The maximum atomic E-state index is 5.51. The predicted octanol–water partition coefficient (Wildman–Crippen LogP) is 3.06. The second-order valence-corrected chi connectivity index (χ2v) is 4.51. The first-order valence-corrected chi connectivity index (χ1v) is 6.17. The molecule has 2 heteroatoms. The van der Waals surface area contributed by atoms with Crippen molar-refractivity contribution in [2.24, 2.45) is 0 Å². The Hall–Kier alpha value is -1.54. The van der Waals surface area contributed by atoms with Crippen LogP contribution in [0, 0.1) is 0 Å². The van der Waals surface area contributed by atoms with Gasteiger partial charge in [-0.3, -0.25) is 0 Å². The van der Waals surface area contributed by atoms with Crippen molar-refractivity contribution in [2.75, 3.05) is 13.7 Å². The van der Waals surface area contributed by atoms with Crippen LogP contribution in [0.4, 0.5) is 0 Å². The molecule has 0 aromatic heterocycles. The van der Waals surface area contributed by atoms with Gasteiger partial charge in [-0.15, -0.1) is 0 Å². The van der Waals surface area contributed by atoms with Crippen LogP contribution in [0.25, 0.3) is 10.8 Å². The molecule has 1 unspecified atom stereocenters. The van der Waals surface area contributed by atoms with Gasteiger partial charge in [-0.2, -0.15) is 0 Å². The van der Waals surface area contributed by atoms with E-state index >= 15 is 0 Å².